The van der Waals surface area contributed by atoms with Gasteiger partial charge in [0, 0.05) is 13.0 Å². The van der Waals surface area contributed by atoms with Gasteiger partial charge < -0.3 is 21.5 Å². The van der Waals surface area contributed by atoms with Crippen molar-refractivity contribution < 1.29 is 19.5 Å². The minimum absolute atomic E-state index is 0.0485. The lowest BCUT2D eigenvalue weighted by Crippen LogP contribution is -2.44. The summed E-state index contributed by atoms with van der Waals surface area (Å²) >= 11 is 0. The number of amides is 2. The highest BCUT2D eigenvalue weighted by Crippen LogP contribution is 1.97. The molecule has 0 radical (unpaired) electrons. The van der Waals surface area contributed by atoms with Gasteiger partial charge in [-0.05, 0) is 13.3 Å². The summed E-state index contributed by atoms with van der Waals surface area (Å²) in [6, 6.07) is -1.07. The van der Waals surface area contributed by atoms with Crippen molar-refractivity contribution in [3.8, 4) is 0 Å². The monoisotopic (exact) mass is 231 g/mol. The molecule has 0 unspecified atom stereocenters. The van der Waals surface area contributed by atoms with Crippen LogP contribution >= 0.6 is 0 Å². The standard InChI is InChI=1S/C9H17N3O4/c1-2-11-7(13)4-3-6(9(15)16)12-8(14)5-10/h6H,2-5,10H2,1H3,(H,11,13)(H,12,14)(H,15,16)/t6-/m0/s1. The highest BCUT2D eigenvalue weighted by Gasteiger charge is 2.19. The number of hydrogen-bond donors (Lipinski definition) is 4. The van der Waals surface area contributed by atoms with Gasteiger partial charge in [-0.2, -0.15) is 0 Å². The topological polar surface area (TPSA) is 122 Å². The lowest BCUT2D eigenvalue weighted by atomic mass is 10.1. The highest BCUT2D eigenvalue weighted by molar-refractivity contribution is 5.85. The fraction of sp³-hybridized carbons (Fsp3) is 0.667. The maximum atomic E-state index is 11.1. The molecule has 16 heavy (non-hydrogen) atoms. The number of rotatable bonds is 7. The minimum Gasteiger partial charge on any atom is -0.480 e. The molecular formula is C9H17N3O4. The molecule has 0 fully saturated rings. The molecule has 5 N–H and O–H groups in total. The van der Waals surface area contributed by atoms with E-state index in [0.29, 0.717) is 6.54 Å². The van der Waals surface area contributed by atoms with Gasteiger partial charge in [0.25, 0.3) is 0 Å². The second kappa shape index (κ2) is 7.63. The summed E-state index contributed by atoms with van der Waals surface area (Å²) in [5, 5.41) is 13.5. The fourth-order valence-corrected chi connectivity index (χ4v) is 1.07. The van der Waals surface area contributed by atoms with E-state index < -0.39 is 17.9 Å². The molecule has 0 aliphatic heterocycles. The molecule has 0 aliphatic carbocycles. The van der Waals surface area contributed by atoms with Gasteiger partial charge in [0.2, 0.25) is 11.8 Å². The Labute approximate surface area is 93.4 Å². The number of nitrogens with one attached hydrogen (secondary N) is 2. The number of carboxylic acids is 1. The average Bonchev–Trinajstić information content (AvgIpc) is 2.23. The van der Waals surface area contributed by atoms with E-state index >= 15 is 0 Å². The Bertz CT molecular complexity index is 267. The first-order valence-electron chi connectivity index (χ1n) is 5.00. The van der Waals surface area contributed by atoms with Gasteiger partial charge in [0.1, 0.15) is 6.04 Å². The zero-order valence-electron chi connectivity index (χ0n) is 9.16. The van der Waals surface area contributed by atoms with E-state index in [1.54, 1.807) is 6.92 Å². The van der Waals surface area contributed by atoms with Crippen LogP contribution in [0.4, 0.5) is 0 Å². The molecule has 1 atom stereocenters. The zero-order chi connectivity index (χ0) is 12.6. The summed E-state index contributed by atoms with van der Waals surface area (Å²) in [5.74, 6) is -1.97. The first-order chi connectivity index (χ1) is 7.51. The zero-order valence-corrected chi connectivity index (χ0v) is 9.16. The van der Waals surface area contributed by atoms with Crippen molar-refractivity contribution in [2.24, 2.45) is 5.73 Å². The van der Waals surface area contributed by atoms with Gasteiger partial charge in [-0.15, -0.1) is 0 Å². The Morgan fingerprint density at radius 2 is 1.94 bits per heavy atom. The highest BCUT2D eigenvalue weighted by atomic mass is 16.4. The van der Waals surface area contributed by atoms with Crippen LogP contribution in [-0.4, -0.2) is 42.0 Å². The van der Waals surface area contributed by atoms with E-state index in [1.165, 1.54) is 0 Å². The van der Waals surface area contributed by atoms with Crippen molar-refractivity contribution in [2.75, 3.05) is 13.1 Å². The summed E-state index contributed by atoms with van der Waals surface area (Å²) < 4.78 is 0. The summed E-state index contributed by atoms with van der Waals surface area (Å²) in [5.41, 5.74) is 5.04. The Morgan fingerprint density at radius 1 is 1.31 bits per heavy atom. The van der Waals surface area contributed by atoms with Crippen molar-refractivity contribution >= 4 is 17.8 Å². The van der Waals surface area contributed by atoms with Gasteiger partial charge in [-0.25, -0.2) is 4.79 Å². The van der Waals surface area contributed by atoms with Crippen LogP contribution in [0.3, 0.4) is 0 Å². The predicted octanol–water partition coefficient (Wildman–Crippen LogP) is -1.57. The fourth-order valence-electron chi connectivity index (χ4n) is 1.07. The van der Waals surface area contributed by atoms with Crippen molar-refractivity contribution in [1.29, 1.82) is 0 Å². The van der Waals surface area contributed by atoms with Crippen molar-refractivity contribution in [3.63, 3.8) is 0 Å². The van der Waals surface area contributed by atoms with Gasteiger partial charge in [0.15, 0.2) is 0 Å². The normalized spacial score (nSPS) is 11.6. The summed E-state index contributed by atoms with van der Waals surface area (Å²) in [4.78, 5) is 32.7. The van der Waals surface area contributed by atoms with Gasteiger partial charge in [-0.1, -0.05) is 0 Å². The summed E-state index contributed by atoms with van der Waals surface area (Å²) in [7, 11) is 0. The number of carbonyl (C=O) groups excluding carboxylic acids is 2. The van der Waals surface area contributed by atoms with Crippen LogP contribution in [0, 0.1) is 0 Å². The molecule has 0 aromatic carbocycles. The molecule has 0 rings (SSSR count). The second-order valence-corrected chi connectivity index (χ2v) is 3.15. The molecule has 0 saturated carbocycles. The molecule has 0 bridgehead atoms. The molecule has 92 valence electrons. The summed E-state index contributed by atoms with van der Waals surface area (Å²) in [6.45, 7) is 1.99. The first kappa shape index (κ1) is 14.4. The Morgan fingerprint density at radius 3 is 2.38 bits per heavy atom. The average molecular weight is 231 g/mol. The first-order valence-corrected chi connectivity index (χ1v) is 5.00. The van der Waals surface area contributed by atoms with E-state index in [9.17, 15) is 14.4 Å². The minimum atomic E-state index is -1.17. The van der Waals surface area contributed by atoms with E-state index in [-0.39, 0.29) is 25.3 Å². The molecular weight excluding hydrogens is 214 g/mol. The Balaban J connectivity index is 4.09. The predicted molar refractivity (Wildman–Crippen MR) is 56.5 cm³/mol. The maximum Gasteiger partial charge on any atom is 0.326 e. The number of carbonyl (C=O) groups is 3. The third-order valence-corrected chi connectivity index (χ3v) is 1.85. The smallest absolute Gasteiger partial charge is 0.326 e. The van der Waals surface area contributed by atoms with Crippen LogP contribution in [-0.2, 0) is 14.4 Å². The lowest BCUT2D eigenvalue weighted by molar-refractivity contribution is -0.142. The van der Waals surface area contributed by atoms with Crippen LogP contribution in [0.5, 0.6) is 0 Å². The molecule has 7 heteroatoms. The van der Waals surface area contributed by atoms with E-state index in [2.05, 4.69) is 10.6 Å². The summed E-state index contributed by atoms with van der Waals surface area (Å²) in [6.07, 6.45) is 0.0998. The molecule has 7 nitrogen and oxygen atoms in total. The van der Waals surface area contributed by atoms with Gasteiger partial charge in [-0.3, -0.25) is 9.59 Å². The van der Waals surface area contributed by atoms with Crippen LogP contribution in [0.1, 0.15) is 19.8 Å². The number of carboxylic acid groups (broad SMARTS) is 1. The van der Waals surface area contributed by atoms with Gasteiger partial charge >= 0.3 is 5.97 Å². The molecule has 0 aliphatic rings. The molecule has 0 heterocycles. The van der Waals surface area contributed by atoms with Crippen molar-refractivity contribution in [1.82, 2.24) is 10.6 Å². The molecule has 2 amide bonds. The third-order valence-electron chi connectivity index (χ3n) is 1.85. The quantitative estimate of drug-likeness (QED) is 0.422. The van der Waals surface area contributed by atoms with Crippen LogP contribution in [0.2, 0.25) is 0 Å². The largest absolute Gasteiger partial charge is 0.480 e. The number of aliphatic carboxylic acids is 1. The molecule has 0 aromatic rings. The molecule has 0 saturated heterocycles. The van der Waals surface area contributed by atoms with Crippen LogP contribution in [0.15, 0.2) is 0 Å². The van der Waals surface area contributed by atoms with Crippen LogP contribution < -0.4 is 16.4 Å². The van der Waals surface area contributed by atoms with Crippen LogP contribution in [0.25, 0.3) is 0 Å². The number of hydrogen-bond acceptors (Lipinski definition) is 4. The van der Waals surface area contributed by atoms with E-state index in [4.69, 9.17) is 10.8 Å². The van der Waals surface area contributed by atoms with Gasteiger partial charge in [0.05, 0.1) is 6.54 Å². The van der Waals surface area contributed by atoms with E-state index in [0.717, 1.165) is 0 Å². The van der Waals surface area contributed by atoms with E-state index in [1.807, 2.05) is 0 Å². The maximum absolute atomic E-state index is 11.1. The lowest BCUT2D eigenvalue weighted by Gasteiger charge is -2.13. The third kappa shape index (κ3) is 5.97. The second-order valence-electron chi connectivity index (χ2n) is 3.15. The molecule has 0 aromatic heterocycles. The Hall–Kier alpha value is -1.63. The Kier molecular flexibility index (Phi) is 6.86. The number of nitrogens with two attached hydrogens (primary N) is 1. The molecule has 0 spiro atoms. The van der Waals surface area contributed by atoms with Crippen molar-refractivity contribution in [3.05, 3.63) is 0 Å². The van der Waals surface area contributed by atoms with Crippen molar-refractivity contribution in [2.45, 2.75) is 25.8 Å². The SMILES string of the molecule is CCNC(=O)CC[C@H](NC(=O)CN)C(=O)O.